The molecule has 11 heteroatoms. The lowest BCUT2D eigenvalue weighted by Crippen LogP contribution is -2.34. The number of allylic oxidation sites excluding steroid dienone is 3. The van der Waals surface area contributed by atoms with Crippen molar-refractivity contribution in [2.75, 3.05) is 0 Å². The number of H-pyrrole nitrogens is 1. The molecule has 0 bridgehead atoms. The molecule has 0 radical (unpaired) electrons. The highest BCUT2D eigenvalue weighted by Gasteiger charge is 2.42. The van der Waals surface area contributed by atoms with Crippen LogP contribution in [0.2, 0.25) is 0 Å². The average molecular weight is 625 g/mol. The lowest BCUT2D eigenvalue weighted by molar-refractivity contribution is -0.138. The first-order chi connectivity index (χ1) is 20.7. The van der Waals surface area contributed by atoms with Crippen LogP contribution in [0.4, 0.5) is 0 Å². The summed E-state index contributed by atoms with van der Waals surface area (Å²) < 4.78 is 0. The summed E-state index contributed by atoms with van der Waals surface area (Å²) in [6, 6.07) is -0.455. The van der Waals surface area contributed by atoms with Gasteiger partial charge in [0, 0.05) is 71.5 Å². The average Bonchev–Trinajstić information content (AvgIpc) is 3.59. The van der Waals surface area contributed by atoms with Crippen LogP contribution in [0.15, 0.2) is 39.1 Å². The van der Waals surface area contributed by atoms with Crippen molar-refractivity contribution < 1.29 is 29.4 Å². The maximum atomic E-state index is 12.5. The van der Waals surface area contributed by atoms with Gasteiger partial charge in [-0.05, 0) is 74.0 Å². The molecule has 5 N–H and O–H groups in total. The van der Waals surface area contributed by atoms with Crippen molar-refractivity contribution in [2.45, 2.75) is 104 Å². The molecule has 4 heterocycles. The Morgan fingerprint density at radius 1 is 1.02 bits per heavy atom. The predicted octanol–water partition coefficient (Wildman–Crippen LogP) is 4.24. The molecule has 0 aromatic carbocycles. The minimum atomic E-state index is -0.897. The number of carbonyl (C=O) groups excluding carboxylic acids is 2. The van der Waals surface area contributed by atoms with Crippen molar-refractivity contribution in [3.8, 4) is 0 Å². The standard InChI is InChI=1S/C33H44N4O6S/c1-7-20-15(2)25(36-33(20)43)12-23-16(3)21(8-10-29(38)39)26(34-23)14-27-22(9-11-30(40)41)17(4)24(35-27)13-28-31(19(6)44)18(5)32(42)37-28/h12,18-19,26,28,31,35,44H,7-11,13-14H2,1-6H3,(H,36,43)(H,37,42)(H,38,39)(H,40,41)/b25-12-/t18-,19-,26?,28?,31+/m1/s1. The van der Waals surface area contributed by atoms with Gasteiger partial charge in [-0.2, -0.15) is 12.6 Å². The van der Waals surface area contributed by atoms with E-state index in [1.807, 2.05) is 47.6 Å². The third kappa shape index (κ3) is 6.87. The lowest BCUT2D eigenvalue weighted by Gasteiger charge is -2.24. The molecule has 2 amide bonds. The molecule has 0 aliphatic carbocycles. The predicted molar refractivity (Wildman–Crippen MR) is 172 cm³/mol. The number of aliphatic carboxylic acids is 2. The molecule has 3 aliphatic rings. The Labute approximate surface area is 264 Å². The quantitative estimate of drug-likeness (QED) is 0.180. The Balaban J connectivity index is 1.70. The molecule has 1 fully saturated rings. The highest BCUT2D eigenvalue weighted by atomic mass is 32.1. The van der Waals surface area contributed by atoms with E-state index in [1.54, 1.807) is 0 Å². The van der Waals surface area contributed by atoms with Gasteiger partial charge in [0.25, 0.3) is 5.91 Å². The monoisotopic (exact) mass is 624 g/mol. The molecular weight excluding hydrogens is 580 g/mol. The summed E-state index contributed by atoms with van der Waals surface area (Å²) >= 11 is 4.67. The fourth-order valence-electron chi connectivity index (χ4n) is 6.99. The molecule has 0 spiro atoms. The van der Waals surface area contributed by atoms with Crippen molar-refractivity contribution in [1.29, 1.82) is 0 Å². The van der Waals surface area contributed by atoms with Gasteiger partial charge in [-0.25, -0.2) is 0 Å². The Bertz CT molecular complexity index is 1500. The molecule has 5 atom stereocenters. The maximum Gasteiger partial charge on any atom is 0.303 e. The van der Waals surface area contributed by atoms with Crippen LogP contribution in [0.25, 0.3) is 0 Å². The lowest BCUT2D eigenvalue weighted by atomic mass is 9.86. The molecule has 10 nitrogen and oxygen atoms in total. The van der Waals surface area contributed by atoms with Crippen LogP contribution in [0.3, 0.4) is 0 Å². The number of aromatic nitrogens is 1. The summed E-state index contributed by atoms with van der Waals surface area (Å²) in [6.45, 7) is 11.7. The van der Waals surface area contributed by atoms with Crippen LogP contribution in [0.5, 0.6) is 0 Å². The van der Waals surface area contributed by atoms with Crippen LogP contribution in [0, 0.1) is 18.8 Å². The first kappa shape index (κ1) is 33.3. The number of carboxylic acids is 2. The smallest absolute Gasteiger partial charge is 0.303 e. The maximum absolute atomic E-state index is 12.5. The fraction of sp³-hybridized carbons (Fsp3) is 0.545. The van der Waals surface area contributed by atoms with E-state index < -0.39 is 11.9 Å². The summed E-state index contributed by atoms with van der Waals surface area (Å²) in [5.41, 5.74) is 8.52. The van der Waals surface area contributed by atoms with E-state index >= 15 is 0 Å². The number of aromatic amines is 1. The topological polar surface area (TPSA) is 161 Å². The molecule has 1 aromatic rings. The van der Waals surface area contributed by atoms with Crippen LogP contribution < -0.4 is 10.6 Å². The van der Waals surface area contributed by atoms with Crippen LogP contribution in [-0.4, -0.2) is 62.0 Å². The Morgan fingerprint density at radius 2 is 1.68 bits per heavy atom. The number of carbonyl (C=O) groups is 4. The summed E-state index contributed by atoms with van der Waals surface area (Å²) in [5, 5.41) is 25.0. The van der Waals surface area contributed by atoms with Gasteiger partial charge < -0.3 is 25.8 Å². The molecule has 0 saturated carbocycles. The number of carboxylic acid groups (broad SMARTS) is 2. The van der Waals surface area contributed by atoms with Gasteiger partial charge in [0.05, 0.1) is 11.8 Å². The molecule has 4 rings (SSSR count). The second kappa shape index (κ2) is 13.6. The number of rotatable bonds is 13. The van der Waals surface area contributed by atoms with Gasteiger partial charge >= 0.3 is 11.9 Å². The third-order valence-electron chi connectivity index (χ3n) is 9.51. The van der Waals surface area contributed by atoms with E-state index in [4.69, 9.17) is 4.99 Å². The van der Waals surface area contributed by atoms with E-state index in [2.05, 4.69) is 28.2 Å². The van der Waals surface area contributed by atoms with Crippen molar-refractivity contribution in [2.24, 2.45) is 16.8 Å². The first-order valence-electron chi connectivity index (χ1n) is 15.4. The second-order valence-electron chi connectivity index (χ2n) is 12.3. The summed E-state index contributed by atoms with van der Waals surface area (Å²) in [4.78, 5) is 56.7. The van der Waals surface area contributed by atoms with Gasteiger partial charge in [-0.3, -0.25) is 24.2 Å². The first-order valence-corrected chi connectivity index (χ1v) is 15.9. The summed E-state index contributed by atoms with van der Waals surface area (Å²) in [5.74, 6) is -2.00. The fourth-order valence-corrected chi connectivity index (χ4v) is 7.46. The van der Waals surface area contributed by atoms with Crippen LogP contribution in [-0.2, 0) is 38.4 Å². The van der Waals surface area contributed by atoms with Gasteiger partial charge in [0.2, 0.25) is 5.91 Å². The van der Waals surface area contributed by atoms with Crippen molar-refractivity contribution in [3.05, 3.63) is 56.6 Å². The van der Waals surface area contributed by atoms with E-state index in [0.717, 1.165) is 44.8 Å². The zero-order valence-electron chi connectivity index (χ0n) is 26.3. The number of hydrogen-bond donors (Lipinski definition) is 6. The third-order valence-corrected chi connectivity index (χ3v) is 9.85. The van der Waals surface area contributed by atoms with Gasteiger partial charge in [-0.15, -0.1) is 0 Å². The zero-order chi connectivity index (χ0) is 32.5. The minimum Gasteiger partial charge on any atom is -0.481 e. The molecule has 3 aliphatic heterocycles. The van der Waals surface area contributed by atoms with Crippen molar-refractivity contribution >= 4 is 42.1 Å². The number of amides is 2. The normalized spacial score (nSPS) is 25.2. The highest BCUT2D eigenvalue weighted by molar-refractivity contribution is 7.80. The van der Waals surface area contributed by atoms with Crippen molar-refractivity contribution in [3.63, 3.8) is 0 Å². The number of nitrogens with zero attached hydrogens (tertiary/aromatic N) is 1. The summed E-state index contributed by atoms with van der Waals surface area (Å²) in [6.07, 6.45) is 4.08. The van der Waals surface area contributed by atoms with E-state index in [0.29, 0.717) is 43.5 Å². The minimum absolute atomic E-state index is 0.0108. The highest BCUT2D eigenvalue weighted by Crippen LogP contribution is 2.35. The molecule has 238 valence electrons. The molecular formula is C33H44N4O6S. The summed E-state index contributed by atoms with van der Waals surface area (Å²) in [7, 11) is 0. The number of hydrogen-bond acceptors (Lipinski definition) is 6. The molecule has 1 aromatic heterocycles. The van der Waals surface area contributed by atoms with Gasteiger partial charge in [0.15, 0.2) is 0 Å². The van der Waals surface area contributed by atoms with Crippen LogP contribution in [0.1, 0.15) is 82.8 Å². The number of nitrogens with one attached hydrogen (secondary N) is 3. The van der Waals surface area contributed by atoms with Crippen LogP contribution >= 0.6 is 12.6 Å². The molecule has 2 unspecified atom stereocenters. The second-order valence-corrected chi connectivity index (χ2v) is 13.1. The molecule has 1 saturated heterocycles. The molecule has 44 heavy (non-hydrogen) atoms. The zero-order valence-corrected chi connectivity index (χ0v) is 27.2. The Kier molecular flexibility index (Phi) is 10.3. The van der Waals surface area contributed by atoms with Gasteiger partial charge in [0.1, 0.15) is 0 Å². The number of aliphatic imine (C=N–C) groups is 1. The van der Waals surface area contributed by atoms with E-state index in [9.17, 15) is 29.4 Å². The van der Waals surface area contributed by atoms with Crippen molar-refractivity contribution in [1.82, 2.24) is 15.6 Å². The Hall–Kier alpha value is -3.60. The van der Waals surface area contributed by atoms with Gasteiger partial charge in [-0.1, -0.05) is 20.8 Å². The van der Waals surface area contributed by atoms with E-state index in [-0.39, 0.29) is 53.8 Å². The largest absolute Gasteiger partial charge is 0.481 e. The SMILES string of the molecule is CCC1=C(C)/C(=C/C2=NC(Cc3[nH]c(CC4NC(=O)[C@H](C)[C@H]4[C@@H](C)S)c(C)c3CCC(=O)O)C(CCC(=O)O)=C2C)NC1=O. The number of thiol groups is 1. The van der Waals surface area contributed by atoms with E-state index in [1.165, 1.54) is 0 Å². The Morgan fingerprint density at radius 3 is 2.27 bits per heavy atom.